The summed E-state index contributed by atoms with van der Waals surface area (Å²) in [4.78, 5) is 11.9. The molecule has 0 aliphatic carbocycles. The van der Waals surface area contributed by atoms with Gasteiger partial charge in [-0.15, -0.1) is 0 Å². The van der Waals surface area contributed by atoms with Gasteiger partial charge in [-0.05, 0) is 36.5 Å². The van der Waals surface area contributed by atoms with E-state index in [9.17, 15) is 9.18 Å². The Morgan fingerprint density at radius 3 is 2.67 bits per heavy atom. The highest BCUT2D eigenvalue weighted by Gasteiger charge is 2.12. The molecule has 0 heterocycles. The minimum Gasteiger partial charge on any atom is -0.495 e. The SMILES string of the molecule is COc1ccccc1NC(=S)NNC(=O)Cc1c(F)cccc1Cl. The predicted molar refractivity (Wildman–Crippen MR) is 95.6 cm³/mol. The van der Waals surface area contributed by atoms with Gasteiger partial charge in [0.05, 0.1) is 19.2 Å². The largest absolute Gasteiger partial charge is 0.495 e. The number of hydrazine groups is 1. The molecular weight excluding hydrogens is 353 g/mol. The highest BCUT2D eigenvalue weighted by atomic mass is 35.5. The summed E-state index contributed by atoms with van der Waals surface area (Å²) in [6, 6.07) is 11.4. The second kappa shape index (κ2) is 8.47. The van der Waals surface area contributed by atoms with Crippen LogP contribution in [0.3, 0.4) is 0 Å². The van der Waals surface area contributed by atoms with Crippen molar-refractivity contribution in [2.45, 2.75) is 6.42 Å². The fourth-order valence-corrected chi connectivity index (χ4v) is 2.32. The molecule has 1 amide bonds. The summed E-state index contributed by atoms with van der Waals surface area (Å²) in [5.41, 5.74) is 5.69. The number of rotatable bonds is 4. The monoisotopic (exact) mass is 367 g/mol. The number of anilines is 1. The molecule has 0 atom stereocenters. The van der Waals surface area contributed by atoms with Gasteiger partial charge in [-0.2, -0.15) is 0 Å². The normalized spacial score (nSPS) is 9.96. The fourth-order valence-electron chi connectivity index (χ4n) is 1.93. The Morgan fingerprint density at radius 1 is 1.21 bits per heavy atom. The van der Waals surface area contributed by atoms with Crippen molar-refractivity contribution >= 4 is 40.5 Å². The van der Waals surface area contributed by atoms with Crippen molar-refractivity contribution in [1.29, 1.82) is 0 Å². The van der Waals surface area contributed by atoms with E-state index in [-0.39, 0.29) is 22.1 Å². The number of nitrogens with one attached hydrogen (secondary N) is 3. The van der Waals surface area contributed by atoms with Crippen molar-refractivity contribution in [3.05, 3.63) is 58.9 Å². The van der Waals surface area contributed by atoms with Crippen LogP contribution in [0.4, 0.5) is 10.1 Å². The molecule has 0 bridgehead atoms. The number of methoxy groups -OCH3 is 1. The van der Waals surface area contributed by atoms with Gasteiger partial charge in [-0.25, -0.2) is 4.39 Å². The van der Waals surface area contributed by atoms with Gasteiger partial charge in [0.2, 0.25) is 5.91 Å². The molecule has 126 valence electrons. The molecule has 0 fully saturated rings. The minimum absolute atomic E-state index is 0.127. The summed E-state index contributed by atoms with van der Waals surface area (Å²) in [5, 5.41) is 3.24. The number of benzene rings is 2. The number of hydrogen-bond acceptors (Lipinski definition) is 3. The van der Waals surface area contributed by atoms with Gasteiger partial charge >= 0.3 is 0 Å². The van der Waals surface area contributed by atoms with Crippen LogP contribution in [-0.4, -0.2) is 18.1 Å². The molecule has 0 unspecified atom stereocenters. The van der Waals surface area contributed by atoms with Gasteiger partial charge < -0.3 is 10.1 Å². The lowest BCUT2D eigenvalue weighted by Crippen LogP contribution is -2.44. The van der Waals surface area contributed by atoms with E-state index in [4.69, 9.17) is 28.6 Å². The average Bonchev–Trinajstić information content (AvgIpc) is 2.57. The van der Waals surface area contributed by atoms with Crippen molar-refractivity contribution in [3.8, 4) is 5.75 Å². The van der Waals surface area contributed by atoms with Gasteiger partial charge in [0.1, 0.15) is 11.6 Å². The van der Waals surface area contributed by atoms with Gasteiger partial charge in [-0.3, -0.25) is 15.6 Å². The Bertz CT molecular complexity index is 738. The molecule has 0 aromatic heterocycles. The maximum atomic E-state index is 13.6. The molecule has 0 aliphatic rings. The Morgan fingerprint density at radius 2 is 1.96 bits per heavy atom. The zero-order valence-corrected chi connectivity index (χ0v) is 14.3. The van der Waals surface area contributed by atoms with E-state index >= 15 is 0 Å². The molecule has 0 spiro atoms. The predicted octanol–water partition coefficient (Wildman–Crippen LogP) is 3.05. The number of hydrogen-bond donors (Lipinski definition) is 3. The number of halogens is 2. The standard InChI is InChI=1S/C16H15ClFN3O2S/c1-23-14-8-3-2-7-13(14)19-16(24)21-20-15(22)9-10-11(17)5-4-6-12(10)18/h2-8H,9H2,1H3,(H,20,22)(H2,19,21,24). The van der Waals surface area contributed by atoms with Gasteiger partial charge in [0.25, 0.3) is 0 Å². The minimum atomic E-state index is -0.535. The van der Waals surface area contributed by atoms with Gasteiger partial charge in [-0.1, -0.05) is 29.8 Å². The number of thiocarbonyl (C=S) groups is 1. The van der Waals surface area contributed by atoms with Crippen molar-refractivity contribution < 1.29 is 13.9 Å². The maximum Gasteiger partial charge on any atom is 0.242 e. The molecule has 24 heavy (non-hydrogen) atoms. The first-order valence-electron chi connectivity index (χ1n) is 6.93. The third-order valence-corrected chi connectivity index (χ3v) is 3.63. The lowest BCUT2D eigenvalue weighted by atomic mass is 10.1. The molecule has 2 rings (SSSR count). The summed E-state index contributed by atoms with van der Waals surface area (Å²) in [5.74, 6) is -0.412. The van der Waals surface area contributed by atoms with Crippen LogP contribution in [0.2, 0.25) is 5.02 Å². The molecule has 0 aliphatic heterocycles. The van der Waals surface area contributed by atoms with E-state index in [1.165, 1.54) is 25.3 Å². The van der Waals surface area contributed by atoms with Crippen LogP contribution in [-0.2, 0) is 11.2 Å². The second-order valence-corrected chi connectivity index (χ2v) is 5.52. The molecule has 8 heteroatoms. The van der Waals surface area contributed by atoms with Crippen LogP contribution in [0.25, 0.3) is 0 Å². The number of amides is 1. The summed E-state index contributed by atoms with van der Waals surface area (Å²) < 4.78 is 18.8. The van der Waals surface area contributed by atoms with E-state index in [2.05, 4.69) is 16.2 Å². The van der Waals surface area contributed by atoms with Crippen LogP contribution in [0.1, 0.15) is 5.56 Å². The summed E-state index contributed by atoms with van der Waals surface area (Å²) in [7, 11) is 1.54. The van der Waals surface area contributed by atoms with Gasteiger partial charge in [0, 0.05) is 10.6 Å². The first-order valence-corrected chi connectivity index (χ1v) is 7.71. The quantitative estimate of drug-likeness (QED) is 0.572. The molecule has 5 nitrogen and oxygen atoms in total. The Hall–Kier alpha value is -2.38. The first kappa shape index (κ1) is 18.0. The van der Waals surface area contributed by atoms with Crippen LogP contribution in [0.15, 0.2) is 42.5 Å². The average molecular weight is 368 g/mol. The summed E-state index contributed by atoms with van der Waals surface area (Å²) >= 11 is 11.0. The van der Waals surface area contributed by atoms with Crippen molar-refractivity contribution in [2.75, 3.05) is 12.4 Å². The summed E-state index contributed by atoms with van der Waals surface area (Å²) in [6.45, 7) is 0. The topological polar surface area (TPSA) is 62.4 Å². The van der Waals surface area contributed by atoms with E-state index in [1.54, 1.807) is 12.1 Å². The highest BCUT2D eigenvalue weighted by Crippen LogP contribution is 2.22. The van der Waals surface area contributed by atoms with Crippen molar-refractivity contribution in [3.63, 3.8) is 0 Å². The van der Waals surface area contributed by atoms with Crippen LogP contribution in [0, 0.1) is 5.82 Å². The Kier molecular flexibility index (Phi) is 6.34. The maximum absolute atomic E-state index is 13.6. The number of ether oxygens (including phenoxy) is 1. The third-order valence-electron chi connectivity index (χ3n) is 3.07. The molecule has 3 N–H and O–H groups in total. The Balaban J connectivity index is 1.88. The highest BCUT2D eigenvalue weighted by molar-refractivity contribution is 7.80. The third kappa shape index (κ3) is 4.81. The molecule has 0 saturated heterocycles. The summed E-state index contributed by atoms with van der Waals surface area (Å²) in [6.07, 6.45) is -0.213. The zero-order chi connectivity index (χ0) is 17.5. The molecule has 0 radical (unpaired) electrons. The first-order chi connectivity index (χ1) is 11.5. The van der Waals surface area contributed by atoms with Crippen molar-refractivity contribution in [1.82, 2.24) is 10.9 Å². The van der Waals surface area contributed by atoms with E-state index < -0.39 is 11.7 Å². The lowest BCUT2D eigenvalue weighted by molar-refractivity contribution is -0.121. The molecule has 2 aromatic carbocycles. The molecule has 2 aromatic rings. The van der Waals surface area contributed by atoms with Gasteiger partial charge in [0.15, 0.2) is 5.11 Å². The number of carbonyl (C=O) groups excluding carboxylic acids is 1. The zero-order valence-electron chi connectivity index (χ0n) is 12.7. The van der Waals surface area contributed by atoms with E-state index in [0.29, 0.717) is 11.4 Å². The smallest absolute Gasteiger partial charge is 0.242 e. The molecular formula is C16H15ClFN3O2S. The lowest BCUT2D eigenvalue weighted by Gasteiger charge is -2.14. The number of carbonyl (C=O) groups is 1. The van der Waals surface area contributed by atoms with Crippen LogP contribution in [0.5, 0.6) is 5.75 Å². The Labute approximate surface area is 149 Å². The van der Waals surface area contributed by atoms with Crippen LogP contribution < -0.4 is 20.9 Å². The fraction of sp³-hybridized carbons (Fsp3) is 0.125. The van der Waals surface area contributed by atoms with E-state index in [0.717, 1.165) is 0 Å². The number of para-hydroxylation sites is 2. The van der Waals surface area contributed by atoms with Crippen molar-refractivity contribution in [2.24, 2.45) is 0 Å². The van der Waals surface area contributed by atoms with E-state index in [1.807, 2.05) is 12.1 Å². The second-order valence-electron chi connectivity index (χ2n) is 4.70. The van der Waals surface area contributed by atoms with Crippen LogP contribution >= 0.6 is 23.8 Å². The molecule has 0 saturated carbocycles.